The van der Waals surface area contributed by atoms with E-state index in [4.69, 9.17) is 4.74 Å². The highest BCUT2D eigenvalue weighted by Crippen LogP contribution is 2.19. The smallest absolute Gasteiger partial charge is 0.255 e. The topological polar surface area (TPSA) is 108 Å². The molecular weight excluding hydrogens is 336 g/mol. The Bertz CT molecular complexity index is 843. The van der Waals surface area contributed by atoms with Gasteiger partial charge in [-0.1, -0.05) is 18.2 Å². The van der Waals surface area contributed by atoms with Crippen molar-refractivity contribution in [1.82, 2.24) is 0 Å². The SMILES string of the molecule is O=C([O-])c1cccc(C(=O)Nc2cccc(NC(=O)[C@@H]3CCCO3)c2)c1. The van der Waals surface area contributed by atoms with Gasteiger partial charge in [-0.3, -0.25) is 9.59 Å². The largest absolute Gasteiger partial charge is 0.545 e. The second kappa shape index (κ2) is 7.79. The average Bonchev–Trinajstić information content (AvgIpc) is 3.17. The number of nitrogens with one attached hydrogen (secondary N) is 2. The molecule has 0 aliphatic carbocycles. The van der Waals surface area contributed by atoms with Gasteiger partial charge in [0.1, 0.15) is 6.10 Å². The van der Waals surface area contributed by atoms with Gasteiger partial charge >= 0.3 is 0 Å². The highest BCUT2D eigenvalue weighted by molar-refractivity contribution is 6.06. The number of amides is 2. The van der Waals surface area contributed by atoms with Gasteiger partial charge in [-0.15, -0.1) is 0 Å². The molecule has 1 atom stereocenters. The standard InChI is InChI=1S/C19H18N2O5/c22-17(12-4-1-5-13(10-12)19(24)25)20-14-6-2-7-15(11-14)21-18(23)16-8-3-9-26-16/h1-2,4-7,10-11,16H,3,8-9H2,(H,20,22)(H,21,23)(H,24,25)/p-1/t16-/m0/s1. The lowest BCUT2D eigenvalue weighted by Crippen LogP contribution is -2.26. The maximum atomic E-state index is 12.3. The lowest BCUT2D eigenvalue weighted by Gasteiger charge is -2.12. The fourth-order valence-corrected chi connectivity index (χ4v) is 2.67. The molecule has 26 heavy (non-hydrogen) atoms. The number of ether oxygens (including phenoxy) is 1. The van der Waals surface area contributed by atoms with Crippen LogP contribution in [0.2, 0.25) is 0 Å². The van der Waals surface area contributed by atoms with Gasteiger partial charge in [-0.05, 0) is 48.7 Å². The summed E-state index contributed by atoms with van der Waals surface area (Å²) in [5.41, 5.74) is 1.13. The van der Waals surface area contributed by atoms with Crippen molar-refractivity contribution in [1.29, 1.82) is 0 Å². The van der Waals surface area contributed by atoms with E-state index >= 15 is 0 Å². The first-order valence-electron chi connectivity index (χ1n) is 8.18. The molecular formula is C19H17N2O5-. The first-order chi connectivity index (χ1) is 12.5. The normalized spacial score (nSPS) is 16.1. The maximum Gasteiger partial charge on any atom is 0.255 e. The van der Waals surface area contributed by atoms with E-state index in [1.54, 1.807) is 24.3 Å². The molecule has 1 fully saturated rings. The van der Waals surface area contributed by atoms with Crippen LogP contribution in [0.4, 0.5) is 11.4 Å². The van der Waals surface area contributed by atoms with Crippen molar-refractivity contribution < 1.29 is 24.2 Å². The Labute approximate surface area is 150 Å². The van der Waals surface area contributed by atoms with Crippen LogP contribution in [-0.2, 0) is 9.53 Å². The molecule has 1 heterocycles. The Morgan fingerprint density at radius 1 is 0.962 bits per heavy atom. The van der Waals surface area contributed by atoms with Crippen molar-refractivity contribution in [3.05, 3.63) is 59.7 Å². The minimum Gasteiger partial charge on any atom is -0.545 e. The quantitative estimate of drug-likeness (QED) is 0.845. The lowest BCUT2D eigenvalue weighted by molar-refractivity contribution is -0.255. The molecule has 0 unspecified atom stereocenters. The summed E-state index contributed by atoms with van der Waals surface area (Å²) in [6.45, 7) is 0.582. The van der Waals surface area contributed by atoms with Gasteiger partial charge in [-0.2, -0.15) is 0 Å². The van der Waals surface area contributed by atoms with Crippen molar-refractivity contribution in [2.45, 2.75) is 18.9 Å². The predicted octanol–water partition coefficient (Wildman–Crippen LogP) is 1.42. The molecule has 2 aromatic rings. The molecule has 0 saturated carbocycles. The molecule has 0 spiro atoms. The van der Waals surface area contributed by atoms with E-state index in [1.807, 2.05) is 0 Å². The van der Waals surface area contributed by atoms with Crippen molar-refractivity contribution in [2.24, 2.45) is 0 Å². The van der Waals surface area contributed by atoms with Crippen LogP contribution in [-0.4, -0.2) is 30.5 Å². The highest BCUT2D eigenvalue weighted by Gasteiger charge is 2.23. The third-order valence-electron chi connectivity index (χ3n) is 3.97. The summed E-state index contributed by atoms with van der Waals surface area (Å²) in [5, 5.41) is 16.3. The number of carboxylic acid groups (broad SMARTS) is 1. The van der Waals surface area contributed by atoms with E-state index in [-0.39, 0.29) is 17.0 Å². The number of benzene rings is 2. The second-order valence-corrected chi connectivity index (χ2v) is 5.89. The summed E-state index contributed by atoms with van der Waals surface area (Å²) in [5.74, 6) is -2.03. The third kappa shape index (κ3) is 4.25. The van der Waals surface area contributed by atoms with E-state index in [0.29, 0.717) is 24.4 Å². The van der Waals surface area contributed by atoms with Gasteiger partial charge < -0.3 is 25.3 Å². The van der Waals surface area contributed by atoms with E-state index in [0.717, 1.165) is 6.42 Å². The molecule has 1 aliphatic rings. The molecule has 2 N–H and O–H groups in total. The fourth-order valence-electron chi connectivity index (χ4n) is 2.67. The van der Waals surface area contributed by atoms with Crippen LogP contribution in [0.1, 0.15) is 33.6 Å². The number of anilines is 2. The second-order valence-electron chi connectivity index (χ2n) is 5.89. The van der Waals surface area contributed by atoms with E-state index in [2.05, 4.69) is 10.6 Å². The highest BCUT2D eigenvalue weighted by atomic mass is 16.5. The Morgan fingerprint density at radius 2 is 1.65 bits per heavy atom. The molecule has 134 valence electrons. The molecule has 7 heteroatoms. The number of hydrogen-bond acceptors (Lipinski definition) is 5. The summed E-state index contributed by atoms with van der Waals surface area (Å²) in [4.78, 5) is 35.3. The number of aromatic carboxylic acids is 1. The molecule has 1 saturated heterocycles. The van der Waals surface area contributed by atoms with Gasteiger partial charge in [0.15, 0.2) is 0 Å². The minimum atomic E-state index is -1.35. The number of carbonyl (C=O) groups is 3. The van der Waals surface area contributed by atoms with Gasteiger partial charge in [0.05, 0.1) is 5.97 Å². The molecule has 2 aromatic carbocycles. The monoisotopic (exact) mass is 353 g/mol. The van der Waals surface area contributed by atoms with Gasteiger partial charge in [0.2, 0.25) is 0 Å². The van der Waals surface area contributed by atoms with Crippen LogP contribution in [0.3, 0.4) is 0 Å². The Hall–Kier alpha value is -3.19. The lowest BCUT2D eigenvalue weighted by atomic mass is 10.1. The Kier molecular flexibility index (Phi) is 5.28. The fraction of sp³-hybridized carbons (Fsp3) is 0.211. The summed E-state index contributed by atoms with van der Waals surface area (Å²) in [7, 11) is 0. The van der Waals surface area contributed by atoms with E-state index < -0.39 is 18.0 Å². The summed E-state index contributed by atoms with van der Waals surface area (Å²) >= 11 is 0. The molecule has 0 radical (unpaired) electrons. The van der Waals surface area contributed by atoms with Crippen LogP contribution in [0, 0.1) is 0 Å². The third-order valence-corrected chi connectivity index (χ3v) is 3.97. The van der Waals surface area contributed by atoms with Crippen molar-refractivity contribution in [2.75, 3.05) is 17.2 Å². The summed E-state index contributed by atoms with van der Waals surface area (Å²) in [6.07, 6.45) is 1.11. The van der Waals surface area contributed by atoms with Crippen LogP contribution in [0.5, 0.6) is 0 Å². The number of carbonyl (C=O) groups excluding carboxylic acids is 3. The number of rotatable bonds is 5. The van der Waals surface area contributed by atoms with Gasteiger partial charge in [0, 0.05) is 23.5 Å². The van der Waals surface area contributed by atoms with Crippen molar-refractivity contribution in [3.8, 4) is 0 Å². The molecule has 2 amide bonds. The maximum absolute atomic E-state index is 12.3. The zero-order valence-electron chi connectivity index (χ0n) is 13.9. The Balaban J connectivity index is 1.68. The summed E-state index contributed by atoms with van der Waals surface area (Å²) in [6, 6.07) is 12.3. The molecule has 1 aliphatic heterocycles. The van der Waals surface area contributed by atoms with Gasteiger partial charge in [-0.25, -0.2) is 0 Å². The van der Waals surface area contributed by atoms with Crippen molar-refractivity contribution in [3.63, 3.8) is 0 Å². The molecule has 3 rings (SSSR count). The van der Waals surface area contributed by atoms with E-state index in [1.165, 1.54) is 24.3 Å². The molecule has 0 aromatic heterocycles. The zero-order chi connectivity index (χ0) is 18.5. The average molecular weight is 353 g/mol. The number of carboxylic acids is 1. The number of hydrogen-bond donors (Lipinski definition) is 2. The summed E-state index contributed by atoms with van der Waals surface area (Å²) < 4.78 is 5.34. The first-order valence-corrected chi connectivity index (χ1v) is 8.18. The van der Waals surface area contributed by atoms with Crippen LogP contribution < -0.4 is 15.7 Å². The molecule has 7 nitrogen and oxygen atoms in total. The van der Waals surface area contributed by atoms with Crippen molar-refractivity contribution >= 4 is 29.2 Å². The van der Waals surface area contributed by atoms with Crippen LogP contribution >= 0.6 is 0 Å². The first kappa shape index (κ1) is 17.6. The Morgan fingerprint density at radius 3 is 2.35 bits per heavy atom. The minimum absolute atomic E-state index is 0.0739. The van der Waals surface area contributed by atoms with E-state index in [9.17, 15) is 19.5 Å². The van der Waals surface area contributed by atoms with Gasteiger partial charge in [0.25, 0.3) is 11.8 Å². The molecule has 0 bridgehead atoms. The predicted molar refractivity (Wildman–Crippen MR) is 92.8 cm³/mol. The zero-order valence-corrected chi connectivity index (χ0v) is 13.9. The van der Waals surface area contributed by atoms with Crippen LogP contribution in [0.25, 0.3) is 0 Å². The van der Waals surface area contributed by atoms with Crippen LogP contribution in [0.15, 0.2) is 48.5 Å².